The Hall–Kier alpha value is -1.61. The van der Waals surface area contributed by atoms with Crippen LogP contribution >= 0.6 is 0 Å². The summed E-state index contributed by atoms with van der Waals surface area (Å²) in [6.07, 6.45) is 0. The van der Waals surface area contributed by atoms with E-state index in [0.29, 0.717) is 11.4 Å². The topological polar surface area (TPSA) is 43.1 Å². The lowest BCUT2D eigenvalue weighted by molar-refractivity contribution is 0.682. The van der Waals surface area contributed by atoms with Crippen molar-refractivity contribution >= 4 is 16.5 Å². The molecule has 2 aromatic rings. The predicted molar refractivity (Wildman–Crippen MR) is 76.9 cm³/mol. The van der Waals surface area contributed by atoms with Gasteiger partial charge in [0.1, 0.15) is 0 Å². The van der Waals surface area contributed by atoms with Gasteiger partial charge in [-0.2, -0.15) is 0 Å². The lowest BCUT2D eigenvalue weighted by Crippen LogP contribution is -1.98. The molecule has 0 aromatic heterocycles. The largest absolute Gasteiger partial charge is 0.399 e. The van der Waals surface area contributed by atoms with E-state index in [1.807, 2.05) is 12.1 Å². The van der Waals surface area contributed by atoms with Gasteiger partial charge in [0.15, 0.2) is 0 Å². The van der Waals surface area contributed by atoms with Crippen LogP contribution in [0.25, 0.3) is 0 Å². The molecule has 94 valence electrons. The third-order valence-electron chi connectivity index (χ3n) is 2.72. The summed E-state index contributed by atoms with van der Waals surface area (Å²) in [5.41, 5.74) is 9.85. The maximum atomic E-state index is 12.2. The first kappa shape index (κ1) is 12.8. The average Bonchev–Trinajstić information content (AvgIpc) is 2.28. The molecule has 0 saturated carbocycles. The second-order valence-corrected chi connectivity index (χ2v) is 6.01. The Morgan fingerprint density at radius 2 is 1.56 bits per heavy atom. The Morgan fingerprint density at radius 3 is 2.11 bits per heavy atom. The van der Waals surface area contributed by atoms with Gasteiger partial charge in [0, 0.05) is 10.6 Å². The smallest absolute Gasteiger partial charge is 0.0574 e. The monoisotopic (exact) mass is 259 g/mol. The van der Waals surface area contributed by atoms with Crippen molar-refractivity contribution in [2.45, 2.75) is 24.5 Å². The van der Waals surface area contributed by atoms with E-state index in [2.05, 4.69) is 32.0 Å². The lowest BCUT2D eigenvalue weighted by Gasteiger charge is -2.06. The number of nitrogen functional groups attached to an aromatic ring is 1. The first-order valence-electron chi connectivity index (χ1n) is 5.86. The lowest BCUT2D eigenvalue weighted by atomic mass is 10.1. The molecule has 1 atom stereocenters. The van der Waals surface area contributed by atoms with Crippen LogP contribution in [-0.2, 0) is 16.6 Å². The minimum atomic E-state index is -1.01. The molecule has 0 bridgehead atoms. The van der Waals surface area contributed by atoms with Crippen LogP contribution in [0, 0.1) is 13.8 Å². The molecule has 1 unspecified atom stereocenters. The number of hydrogen-bond donors (Lipinski definition) is 1. The summed E-state index contributed by atoms with van der Waals surface area (Å²) in [5.74, 6) is 0.548. The van der Waals surface area contributed by atoms with Gasteiger partial charge in [0.2, 0.25) is 0 Å². The summed E-state index contributed by atoms with van der Waals surface area (Å²) in [4.78, 5) is 0.823. The van der Waals surface area contributed by atoms with Crippen molar-refractivity contribution in [2.24, 2.45) is 0 Å². The predicted octanol–water partition coefficient (Wildman–Crippen LogP) is 3.19. The molecule has 0 saturated heterocycles. The standard InChI is InChI=1S/C15H17NOS/c1-11-7-12(2)9-13(8-11)10-18(17)15-5-3-14(16)4-6-15/h3-9H,10,16H2,1-2H3. The summed E-state index contributed by atoms with van der Waals surface area (Å²) in [6, 6.07) is 13.5. The molecule has 2 nitrogen and oxygen atoms in total. The van der Waals surface area contributed by atoms with Crippen molar-refractivity contribution in [1.29, 1.82) is 0 Å². The molecule has 0 fully saturated rings. The Labute approximate surface area is 110 Å². The SMILES string of the molecule is Cc1cc(C)cc(CS(=O)c2ccc(N)cc2)c1. The van der Waals surface area contributed by atoms with Gasteiger partial charge >= 0.3 is 0 Å². The van der Waals surface area contributed by atoms with Crippen LogP contribution < -0.4 is 5.73 Å². The van der Waals surface area contributed by atoms with E-state index in [4.69, 9.17) is 5.73 Å². The van der Waals surface area contributed by atoms with Gasteiger partial charge in [-0.15, -0.1) is 0 Å². The van der Waals surface area contributed by atoms with Crippen LogP contribution in [0.1, 0.15) is 16.7 Å². The van der Waals surface area contributed by atoms with Crippen molar-refractivity contribution in [3.8, 4) is 0 Å². The third kappa shape index (κ3) is 3.20. The molecular weight excluding hydrogens is 242 g/mol. The van der Waals surface area contributed by atoms with E-state index in [1.54, 1.807) is 12.1 Å². The molecule has 0 aliphatic heterocycles. The highest BCUT2D eigenvalue weighted by atomic mass is 32.2. The second kappa shape index (κ2) is 5.36. The molecule has 0 spiro atoms. The fourth-order valence-corrected chi connectivity index (χ4v) is 3.08. The molecule has 2 N–H and O–H groups in total. The zero-order chi connectivity index (χ0) is 13.1. The second-order valence-electron chi connectivity index (χ2n) is 4.55. The number of anilines is 1. The van der Waals surface area contributed by atoms with Gasteiger partial charge in [0.25, 0.3) is 0 Å². The Kier molecular flexibility index (Phi) is 3.82. The van der Waals surface area contributed by atoms with Crippen LogP contribution in [0.3, 0.4) is 0 Å². The molecular formula is C15H17NOS. The minimum absolute atomic E-state index is 0.548. The highest BCUT2D eigenvalue weighted by Gasteiger charge is 2.05. The first-order valence-corrected chi connectivity index (χ1v) is 7.17. The molecule has 2 rings (SSSR count). The third-order valence-corrected chi connectivity index (χ3v) is 4.12. The van der Waals surface area contributed by atoms with Crippen LogP contribution in [0.4, 0.5) is 5.69 Å². The van der Waals surface area contributed by atoms with E-state index < -0.39 is 10.8 Å². The van der Waals surface area contributed by atoms with E-state index in [0.717, 1.165) is 10.5 Å². The molecule has 0 aliphatic rings. The highest BCUT2D eigenvalue weighted by Crippen LogP contribution is 2.16. The van der Waals surface area contributed by atoms with Gasteiger partial charge in [-0.25, -0.2) is 0 Å². The van der Waals surface area contributed by atoms with Crippen molar-refractivity contribution in [2.75, 3.05) is 5.73 Å². The zero-order valence-corrected chi connectivity index (χ0v) is 11.5. The number of benzene rings is 2. The summed E-state index contributed by atoms with van der Waals surface area (Å²) in [5, 5.41) is 0. The van der Waals surface area contributed by atoms with Gasteiger partial charge in [-0.1, -0.05) is 29.3 Å². The van der Waals surface area contributed by atoms with Gasteiger partial charge < -0.3 is 5.73 Å². The van der Waals surface area contributed by atoms with Crippen molar-refractivity contribution in [1.82, 2.24) is 0 Å². The van der Waals surface area contributed by atoms with Crippen molar-refractivity contribution < 1.29 is 4.21 Å². The number of aryl methyl sites for hydroxylation is 2. The van der Waals surface area contributed by atoms with Crippen LogP contribution in [0.15, 0.2) is 47.4 Å². The fraction of sp³-hybridized carbons (Fsp3) is 0.200. The Morgan fingerprint density at radius 1 is 1.00 bits per heavy atom. The van der Waals surface area contributed by atoms with Gasteiger partial charge in [-0.05, 0) is 43.7 Å². The quantitative estimate of drug-likeness (QED) is 0.860. The minimum Gasteiger partial charge on any atom is -0.399 e. The summed E-state index contributed by atoms with van der Waals surface area (Å²) in [7, 11) is -1.01. The molecule has 0 radical (unpaired) electrons. The van der Waals surface area contributed by atoms with E-state index >= 15 is 0 Å². The molecule has 2 aromatic carbocycles. The number of nitrogens with two attached hydrogens (primary N) is 1. The number of rotatable bonds is 3. The van der Waals surface area contributed by atoms with E-state index in [1.165, 1.54) is 11.1 Å². The van der Waals surface area contributed by atoms with Gasteiger partial charge in [0.05, 0.1) is 16.6 Å². The highest BCUT2D eigenvalue weighted by molar-refractivity contribution is 7.84. The fourth-order valence-electron chi connectivity index (χ4n) is 2.01. The van der Waals surface area contributed by atoms with E-state index in [-0.39, 0.29) is 0 Å². The Balaban J connectivity index is 2.18. The zero-order valence-electron chi connectivity index (χ0n) is 10.6. The Bertz CT molecular complexity index is 555. The molecule has 0 amide bonds. The maximum absolute atomic E-state index is 12.2. The molecule has 0 heterocycles. The van der Waals surface area contributed by atoms with Crippen molar-refractivity contribution in [3.05, 3.63) is 59.2 Å². The van der Waals surface area contributed by atoms with Crippen molar-refractivity contribution in [3.63, 3.8) is 0 Å². The van der Waals surface area contributed by atoms with Crippen LogP contribution in [0.5, 0.6) is 0 Å². The first-order chi connectivity index (χ1) is 8.54. The summed E-state index contributed by atoms with van der Waals surface area (Å²) in [6.45, 7) is 4.12. The normalized spacial score (nSPS) is 12.3. The molecule has 3 heteroatoms. The van der Waals surface area contributed by atoms with Crippen LogP contribution in [0.2, 0.25) is 0 Å². The molecule has 0 aliphatic carbocycles. The summed E-state index contributed by atoms with van der Waals surface area (Å²) >= 11 is 0. The average molecular weight is 259 g/mol. The summed E-state index contributed by atoms with van der Waals surface area (Å²) < 4.78 is 12.2. The maximum Gasteiger partial charge on any atom is 0.0574 e. The van der Waals surface area contributed by atoms with Crippen LogP contribution in [-0.4, -0.2) is 4.21 Å². The number of hydrogen-bond acceptors (Lipinski definition) is 2. The molecule has 18 heavy (non-hydrogen) atoms. The van der Waals surface area contributed by atoms with Gasteiger partial charge in [-0.3, -0.25) is 4.21 Å². The van der Waals surface area contributed by atoms with E-state index in [9.17, 15) is 4.21 Å².